The molecule has 17 heavy (non-hydrogen) atoms. The van der Waals surface area contributed by atoms with Crippen LogP contribution in [-0.4, -0.2) is 17.6 Å². The number of nitrogens with one attached hydrogen (secondary N) is 1. The van der Waals surface area contributed by atoms with Crippen molar-refractivity contribution in [3.05, 3.63) is 33.2 Å². The standard InChI is InChI=1S/C10H10BrF2NO3/c1-2-17-10(16)7-6(3-11)14-4-5(8(7)15)9(12)13/h4,9H,2-3H2,1H3,(H,14,15). The van der Waals surface area contributed by atoms with Crippen LogP contribution in [-0.2, 0) is 10.1 Å². The molecule has 0 aliphatic rings. The Hall–Kier alpha value is -1.24. The lowest BCUT2D eigenvalue weighted by atomic mass is 10.1. The van der Waals surface area contributed by atoms with Gasteiger partial charge in [0.15, 0.2) is 0 Å². The van der Waals surface area contributed by atoms with Crippen LogP contribution in [0.3, 0.4) is 0 Å². The normalized spacial score (nSPS) is 10.6. The van der Waals surface area contributed by atoms with Crippen LogP contribution in [0.4, 0.5) is 8.78 Å². The molecule has 0 atom stereocenters. The number of hydrogen-bond acceptors (Lipinski definition) is 3. The fourth-order valence-corrected chi connectivity index (χ4v) is 1.71. The minimum Gasteiger partial charge on any atom is -0.462 e. The van der Waals surface area contributed by atoms with Gasteiger partial charge in [-0.25, -0.2) is 13.6 Å². The number of alkyl halides is 3. The first-order chi connectivity index (χ1) is 8.02. The van der Waals surface area contributed by atoms with Crippen LogP contribution >= 0.6 is 15.9 Å². The second-order valence-electron chi connectivity index (χ2n) is 3.08. The molecule has 1 heterocycles. The van der Waals surface area contributed by atoms with Gasteiger partial charge in [0.1, 0.15) is 5.56 Å². The van der Waals surface area contributed by atoms with Gasteiger partial charge in [0.25, 0.3) is 6.43 Å². The van der Waals surface area contributed by atoms with Gasteiger partial charge in [-0.3, -0.25) is 4.79 Å². The zero-order valence-corrected chi connectivity index (χ0v) is 10.5. The lowest BCUT2D eigenvalue weighted by Crippen LogP contribution is -2.24. The van der Waals surface area contributed by atoms with Crippen molar-refractivity contribution in [3.63, 3.8) is 0 Å². The Bertz CT molecular complexity index is 473. The molecule has 0 unspecified atom stereocenters. The number of hydrogen-bond donors (Lipinski definition) is 1. The molecule has 0 spiro atoms. The third-order valence-corrected chi connectivity index (χ3v) is 2.60. The van der Waals surface area contributed by atoms with Gasteiger partial charge >= 0.3 is 5.97 Å². The first-order valence-corrected chi connectivity index (χ1v) is 5.90. The lowest BCUT2D eigenvalue weighted by molar-refractivity contribution is 0.0522. The molecular weight excluding hydrogens is 300 g/mol. The number of carbonyl (C=O) groups is 1. The van der Waals surface area contributed by atoms with Gasteiger partial charge in [-0.2, -0.15) is 0 Å². The van der Waals surface area contributed by atoms with Crippen LogP contribution in [0, 0.1) is 0 Å². The summed E-state index contributed by atoms with van der Waals surface area (Å²) in [6.07, 6.45) is -2.02. The van der Waals surface area contributed by atoms with Crippen LogP contribution in [0.1, 0.15) is 35.0 Å². The highest BCUT2D eigenvalue weighted by atomic mass is 79.9. The van der Waals surface area contributed by atoms with Crippen molar-refractivity contribution >= 4 is 21.9 Å². The van der Waals surface area contributed by atoms with E-state index < -0.39 is 23.4 Å². The van der Waals surface area contributed by atoms with E-state index in [9.17, 15) is 18.4 Å². The van der Waals surface area contributed by atoms with E-state index in [1.54, 1.807) is 6.92 Å². The van der Waals surface area contributed by atoms with Gasteiger partial charge < -0.3 is 9.72 Å². The number of esters is 1. The maximum Gasteiger partial charge on any atom is 0.343 e. The van der Waals surface area contributed by atoms with Crippen molar-refractivity contribution in [2.75, 3.05) is 6.61 Å². The van der Waals surface area contributed by atoms with Crippen molar-refractivity contribution in [2.45, 2.75) is 18.7 Å². The largest absolute Gasteiger partial charge is 0.462 e. The molecule has 0 fully saturated rings. The molecule has 1 rings (SSSR count). The summed E-state index contributed by atoms with van der Waals surface area (Å²) >= 11 is 3.06. The van der Waals surface area contributed by atoms with Crippen LogP contribution in [0.2, 0.25) is 0 Å². The fraction of sp³-hybridized carbons (Fsp3) is 0.400. The Morgan fingerprint density at radius 3 is 2.71 bits per heavy atom. The van der Waals surface area contributed by atoms with E-state index in [1.807, 2.05) is 0 Å². The average molecular weight is 310 g/mol. The number of carbonyl (C=O) groups excluding carboxylic acids is 1. The Morgan fingerprint density at radius 1 is 1.59 bits per heavy atom. The summed E-state index contributed by atoms with van der Waals surface area (Å²) in [6, 6.07) is 0. The number of rotatable bonds is 4. The molecule has 1 aromatic heterocycles. The molecule has 0 aromatic carbocycles. The highest BCUT2D eigenvalue weighted by Crippen LogP contribution is 2.17. The summed E-state index contributed by atoms with van der Waals surface area (Å²) in [5, 5.41) is 0.167. The van der Waals surface area contributed by atoms with E-state index in [4.69, 9.17) is 0 Å². The van der Waals surface area contributed by atoms with E-state index >= 15 is 0 Å². The van der Waals surface area contributed by atoms with Crippen LogP contribution in [0.5, 0.6) is 0 Å². The van der Waals surface area contributed by atoms with E-state index in [0.717, 1.165) is 6.20 Å². The zero-order valence-electron chi connectivity index (χ0n) is 8.93. The van der Waals surface area contributed by atoms with E-state index in [1.165, 1.54) is 0 Å². The third kappa shape index (κ3) is 2.91. The van der Waals surface area contributed by atoms with Crippen molar-refractivity contribution in [1.82, 2.24) is 4.98 Å². The second kappa shape index (κ2) is 5.90. The minimum absolute atomic E-state index is 0.0684. The molecule has 0 bridgehead atoms. The van der Waals surface area contributed by atoms with Crippen molar-refractivity contribution in [1.29, 1.82) is 0 Å². The topological polar surface area (TPSA) is 59.2 Å². The summed E-state index contributed by atoms with van der Waals surface area (Å²) in [6.45, 7) is 1.63. The summed E-state index contributed by atoms with van der Waals surface area (Å²) in [5.74, 6) is -0.897. The SMILES string of the molecule is CCOC(=O)c1c(CBr)[nH]cc(C(F)F)c1=O. The molecule has 0 saturated heterocycles. The van der Waals surface area contributed by atoms with Gasteiger partial charge in [0, 0.05) is 17.2 Å². The Balaban J connectivity index is 3.38. The van der Waals surface area contributed by atoms with Crippen molar-refractivity contribution in [3.8, 4) is 0 Å². The second-order valence-corrected chi connectivity index (χ2v) is 3.64. The Morgan fingerprint density at radius 2 is 2.24 bits per heavy atom. The first-order valence-electron chi connectivity index (χ1n) is 4.78. The van der Waals surface area contributed by atoms with Crippen LogP contribution < -0.4 is 5.43 Å². The summed E-state index contributed by atoms with van der Waals surface area (Å²) in [5.41, 5.74) is -1.89. The number of aromatic nitrogens is 1. The number of pyridine rings is 1. The Kier molecular flexibility index (Phi) is 4.80. The molecule has 0 saturated carbocycles. The monoisotopic (exact) mass is 309 g/mol. The number of H-pyrrole nitrogens is 1. The summed E-state index contributed by atoms with van der Waals surface area (Å²) in [7, 11) is 0. The predicted molar refractivity (Wildman–Crippen MR) is 60.6 cm³/mol. The fourth-order valence-electron chi connectivity index (χ4n) is 1.27. The first kappa shape index (κ1) is 13.8. The lowest BCUT2D eigenvalue weighted by Gasteiger charge is -2.08. The van der Waals surface area contributed by atoms with Crippen molar-refractivity contribution in [2.24, 2.45) is 0 Å². The number of halogens is 3. The van der Waals surface area contributed by atoms with E-state index in [-0.39, 0.29) is 23.2 Å². The number of aromatic amines is 1. The maximum absolute atomic E-state index is 12.5. The minimum atomic E-state index is -2.93. The summed E-state index contributed by atoms with van der Waals surface area (Å²) in [4.78, 5) is 25.7. The van der Waals surface area contributed by atoms with Gasteiger partial charge in [-0.15, -0.1) is 0 Å². The molecular formula is C10H10BrF2NO3. The molecule has 0 amide bonds. The molecule has 1 aromatic rings. The highest BCUT2D eigenvalue weighted by Gasteiger charge is 2.22. The molecule has 94 valence electrons. The van der Waals surface area contributed by atoms with Gasteiger partial charge in [0.05, 0.1) is 12.2 Å². The van der Waals surface area contributed by atoms with E-state index in [2.05, 4.69) is 25.7 Å². The Labute approximate surface area is 104 Å². The highest BCUT2D eigenvalue weighted by molar-refractivity contribution is 9.08. The quantitative estimate of drug-likeness (QED) is 0.686. The molecule has 0 aliphatic carbocycles. The van der Waals surface area contributed by atoms with Gasteiger partial charge in [-0.1, -0.05) is 15.9 Å². The summed E-state index contributed by atoms with van der Waals surface area (Å²) < 4.78 is 29.7. The van der Waals surface area contributed by atoms with E-state index in [0.29, 0.717) is 0 Å². The average Bonchev–Trinajstić information content (AvgIpc) is 2.27. The van der Waals surface area contributed by atoms with Gasteiger partial charge in [-0.05, 0) is 6.92 Å². The van der Waals surface area contributed by atoms with Crippen LogP contribution in [0.15, 0.2) is 11.0 Å². The molecule has 0 aliphatic heterocycles. The van der Waals surface area contributed by atoms with Crippen molar-refractivity contribution < 1.29 is 18.3 Å². The molecule has 7 heteroatoms. The number of ether oxygens (including phenoxy) is 1. The molecule has 1 N–H and O–H groups in total. The smallest absolute Gasteiger partial charge is 0.343 e. The zero-order chi connectivity index (χ0) is 13.0. The predicted octanol–water partition coefficient (Wildman–Crippen LogP) is 2.38. The third-order valence-electron chi connectivity index (χ3n) is 2.04. The molecule has 0 radical (unpaired) electrons. The van der Waals surface area contributed by atoms with Gasteiger partial charge in [0.2, 0.25) is 5.43 Å². The molecule has 4 nitrogen and oxygen atoms in total. The maximum atomic E-state index is 12.5. The van der Waals surface area contributed by atoms with Crippen LogP contribution in [0.25, 0.3) is 0 Å².